The molecular weight excluding hydrogens is 253 g/mol. The first-order valence-corrected chi connectivity index (χ1v) is 5.92. The number of hydrogen-bond donors (Lipinski definition) is 1. The normalized spacial score (nSPS) is 10.4. The molecule has 2 nitrogen and oxygen atoms in total. The molecule has 0 aliphatic carbocycles. The maximum Gasteiger partial charge on any atom is 0.129 e. The summed E-state index contributed by atoms with van der Waals surface area (Å²) in [5.74, 6) is 0.351. The minimum absolute atomic E-state index is 0.147. The Bertz CT molecular complexity index is 528. The molecule has 4 heteroatoms. The van der Waals surface area contributed by atoms with Gasteiger partial charge in [-0.2, -0.15) is 0 Å². The monoisotopic (exact) mass is 265 g/mol. The van der Waals surface area contributed by atoms with Gasteiger partial charge in [0, 0.05) is 17.1 Å². The van der Waals surface area contributed by atoms with Gasteiger partial charge in [-0.25, -0.2) is 4.39 Å². The van der Waals surface area contributed by atoms with Gasteiger partial charge in [0.2, 0.25) is 0 Å². The molecule has 2 aromatic rings. The van der Waals surface area contributed by atoms with Crippen LogP contribution in [-0.2, 0) is 13.2 Å². The van der Waals surface area contributed by atoms with E-state index in [4.69, 9.17) is 22.1 Å². The third kappa shape index (κ3) is 3.22. The SMILES string of the molecule is NCc1ccc(OCc2cc(Cl)ccc2F)cc1. The van der Waals surface area contributed by atoms with E-state index in [2.05, 4.69) is 0 Å². The summed E-state index contributed by atoms with van der Waals surface area (Å²) in [7, 11) is 0. The molecule has 0 saturated heterocycles. The van der Waals surface area contributed by atoms with Gasteiger partial charge in [-0.3, -0.25) is 0 Å². The second-order valence-corrected chi connectivity index (χ2v) is 4.31. The van der Waals surface area contributed by atoms with Gasteiger partial charge in [-0.1, -0.05) is 23.7 Å². The van der Waals surface area contributed by atoms with Crippen LogP contribution in [0, 0.1) is 5.82 Å². The zero-order valence-electron chi connectivity index (χ0n) is 9.70. The second kappa shape index (κ2) is 5.85. The Hall–Kier alpha value is -1.58. The van der Waals surface area contributed by atoms with Crippen molar-refractivity contribution in [2.75, 3.05) is 0 Å². The predicted molar refractivity (Wildman–Crippen MR) is 70.1 cm³/mol. The Morgan fingerprint density at radius 1 is 1.11 bits per heavy atom. The number of hydrogen-bond acceptors (Lipinski definition) is 2. The van der Waals surface area contributed by atoms with Gasteiger partial charge in [-0.15, -0.1) is 0 Å². The lowest BCUT2D eigenvalue weighted by atomic mass is 10.2. The highest BCUT2D eigenvalue weighted by Crippen LogP contribution is 2.18. The van der Waals surface area contributed by atoms with E-state index in [-0.39, 0.29) is 12.4 Å². The van der Waals surface area contributed by atoms with Crippen molar-refractivity contribution in [2.24, 2.45) is 5.73 Å². The fraction of sp³-hybridized carbons (Fsp3) is 0.143. The minimum atomic E-state index is -0.321. The van der Waals surface area contributed by atoms with E-state index < -0.39 is 0 Å². The van der Waals surface area contributed by atoms with Crippen molar-refractivity contribution in [1.82, 2.24) is 0 Å². The first-order valence-electron chi connectivity index (χ1n) is 5.55. The van der Waals surface area contributed by atoms with Crippen LogP contribution in [0.25, 0.3) is 0 Å². The molecule has 0 aromatic heterocycles. The lowest BCUT2D eigenvalue weighted by Crippen LogP contribution is -1.99. The fourth-order valence-corrected chi connectivity index (χ4v) is 1.73. The lowest BCUT2D eigenvalue weighted by molar-refractivity contribution is 0.300. The van der Waals surface area contributed by atoms with Crippen molar-refractivity contribution in [2.45, 2.75) is 13.2 Å². The van der Waals surface area contributed by atoms with E-state index >= 15 is 0 Å². The van der Waals surface area contributed by atoms with Crippen molar-refractivity contribution in [3.8, 4) is 5.75 Å². The van der Waals surface area contributed by atoms with E-state index in [0.29, 0.717) is 22.9 Å². The molecule has 0 unspecified atom stereocenters. The van der Waals surface area contributed by atoms with E-state index in [1.165, 1.54) is 12.1 Å². The first-order chi connectivity index (χ1) is 8.69. The Balaban J connectivity index is 2.04. The highest BCUT2D eigenvalue weighted by atomic mass is 35.5. The summed E-state index contributed by atoms with van der Waals surface area (Å²) in [6.07, 6.45) is 0. The molecule has 18 heavy (non-hydrogen) atoms. The summed E-state index contributed by atoms with van der Waals surface area (Å²) < 4.78 is 18.9. The third-order valence-corrected chi connectivity index (χ3v) is 2.80. The molecule has 0 spiro atoms. The molecule has 0 heterocycles. The minimum Gasteiger partial charge on any atom is -0.489 e. The fourth-order valence-electron chi connectivity index (χ4n) is 1.54. The highest BCUT2D eigenvalue weighted by molar-refractivity contribution is 6.30. The van der Waals surface area contributed by atoms with Gasteiger partial charge in [0.05, 0.1) is 0 Å². The summed E-state index contributed by atoms with van der Waals surface area (Å²) in [5, 5.41) is 0.494. The number of rotatable bonds is 4. The smallest absolute Gasteiger partial charge is 0.129 e. The van der Waals surface area contributed by atoms with Crippen LogP contribution in [0.1, 0.15) is 11.1 Å². The zero-order valence-corrected chi connectivity index (χ0v) is 10.5. The highest BCUT2D eigenvalue weighted by Gasteiger charge is 2.04. The largest absolute Gasteiger partial charge is 0.489 e. The van der Waals surface area contributed by atoms with Crippen molar-refractivity contribution in [1.29, 1.82) is 0 Å². The van der Waals surface area contributed by atoms with Crippen molar-refractivity contribution >= 4 is 11.6 Å². The Labute approximate surface area is 110 Å². The van der Waals surface area contributed by atoms with Crippen LogP contribution in [0.3, 0.4) is 0 Å². The summed E-state index contributed by atoms with van der Waals surface area (Å²) in [4.78, 5) is 0. The van der Waals surface area contributed by atoms with Crippen LogP contribution in [-0.4, -0.2) is 0 Å². The number of benzene rings is 2. The standard InChI is InChI=1S/C14H13ClFNO/c15-12-3-6-14(16)11(7-12)9-18-13-4-1-10(8-17)2-5-13/h1-7H,8-9,17H2. The molecule has 0 saturated carbocycles. The maximum atomic E-state index is 13.4. The molecule has 0 radical (unpaired) electrons. The van der Waals surface area contributed by atoms with Gasteiger partial charge in [0.1, 0.15) is 18.2 Å². The first kappa shape index (κ1) is 12.9. The molecule has 0 aliphatic rings. The van der Waals surface area contributed by atoms with E-state index in [1.54, 1.807) is 6.07 Å². The third-order valence-electron chi connectivity index (χ3n) is 2.56. The van der Waals surface area contributed by atoms with E-state index in [1.807, 2.05) is 24.3 Å². The van der Waals surface area contributed by atoms with Gasteiger partial charge in [-0.05, 0) is 35.9 Å². The molecule has 0 amide bonds. The van der Waals surface area contributed by atoms with Gasteiger partial charge in [0.25, 0.3) is 0 Å². The quantitative estimate of drug-likeness (QED) is 0.918. The van der Waals surface area contributed by atoms with Crippen molar-refractivity contribution in [3.63, 3.8) is 0 Å². The molecule has 2 N–H and O–H groups in total. The molecule has 0 atom stereocenters. The molecule has 2 rings (SSSR count). The Kier molecular flexibility index (Phi) is 4.18. The van der Waals surface area contributed by atoms with Crippen LogP contribution in [0.4, 0.5) is 4.39 Å². The number of halogens is 2. The van der Waals surface area contributed by atoms with E-state index in [9.17, 15) is 4.39 Å². The average Bonchev–Trinajstić information content (AvgIpc) is 2.40. The Morgan fingerprint density at radius 2 is 1.83 bits per heavy atom. The maximum absolute atomic E-state index is 13.4. The van der Waals surface area contributed by atoms with Crippen LogP contribution >= 0.6 is 11.6 Å². The van der Waals surface area contributed by atoms with Crippen LogP contribution in [0.15, 0.2) is 42.5 Å². The van der Waals surface area contributed by atoms with Crippen LogP contribution in [0.5, 0.6) is 5.75 Å². The molecule has 0 aliphatic heterocycles. The van der Waals surface area contributed by atoms with Crippen molar-refractivity contribution < 1.29 is 9.13 Å². The Morgan fingerprint density at radius 3 is 2.50 bits per heavy atom. The molecule has 94 valence electrons. The second-order valence-electron chi connectivity index (χ2n) is 3.87. The predicted octanol–water partition coefficient (Wildman–Crippen LogP) is 3.52. The summed E-state index contributed by atoms with van der Waals surface area (Å²) in [6.45, 7) is 0.636. The van der Waals surface area contributed by atoms with Gasteiger partial charge in [0.15, 0.2) is 0 Å². The van der Waals surface area contributed by atoms with Gasteiger partial charge >= 0.3 is 0 Å². The number of nitrogens with two attached hydrogens (primary N) is 1. The molecule has 0 fully saturated rings. The average molecular weight is 266 g/mol. The van der Waals surface area contributed by atoms with E-state index in [0.717, 1.165) is 5.56 Å². The summed E-state index contributed by atoms with van der Waals surface area (Å²) in [5.41, 5.74) is 6.96. The van der Waals surface area contributed by atoms with Crippen molar-refractivity contribution in [3.05, 3.63) is 64.4 Å². The number of ether oxygens (including phenoxy) is 1. The molecule has 2 aromatic carbocycles. The van der Waals surface area contributed by atoms with Crippen LogP contribution in [0.2, 0.25) is 5.02 Å². The summed E-state index contributed by atoms with van der Waals surface area (Å²) in [6, 6.07) is 11.8. The van der Waals surface area contributed by atoms with Crippen LogP contribution < -0.4 is 10.5 Å². The van der Waals surface area contributed by atoms with Gasteiger partial charge < -0.3 is 10.5 Å². The molecule has 0 bridgehead atoms. The lowest BCUT2D eigenvalue weighted by Gasteiger charge is -2.08. The topological polar surface area (TPSA) is 35.2 Å². The molecular formula is C14H13ClFNO. The zero-order chi connectivity index (χ0) is 13.0. The summed E-state index contributed by atoms with van der Waals surface area (Å²) >= 11 is 5.80.